The predicted octanol–water partition coefficient (Wildman–Crippen LogP) is 1.29. The Balaban J connectivity index is 2.10. The maximum atomic E-state index is 12.1. The van der Waals surface area contributed by atoms with Crippen molar-refractivity contribution in [2.45, 2.75) is 39.2 Å². The Hall–Kier alpha value is -1.59. The van der Waals surface area contributed by atoms with E-state index in [1.165, 1.54) is 4.90 Å². The summed E-state index contributed by atoms with van der Waals surface area (Å²) in [5.41, 5.74) is -1.43. The molecule has 0 aromatic rings. The average molecular weight is 269 g/mol. The van der Waals surface area contributed by atoms with Crippen molar-refractivity contribution in [3.05, 3.63) is 0 Å². The van der Waals surface area contributed by atoms with Crippen molar-refractivity contribution >= 4 is 17.8 Å². The summed E-state index contributed by atoms with van der Waals surface area (Å²) in [5.74, 6) is -0.907. The Bertz CT molecular complexity index is 439. The standard InChI is InChI=1S/C13H19NO5/c1-12(2,3)19-10(16)8-6-9(15)13(8)4-5-14(7-13)11(17)18/h8H,4-7H2,1-3H3,(H,17,18)/t8-,13-/m1/s1. The van der Waals surface area contributed by atoms with E-state index in [1.807, 2.05) is 0 Å². The van der Waals surface area contributed by atoms with Gasteiger partial charge in [0.1, 0.15) is 11.4 Å². The van der Waals surface area contributed by atoms with Crippen molar-refractivity contribution in [3.8, 4) is 0 Å². The summed E-state index contributed by atoms with van der Waals surface area (Å²) in [4.78, 5) is 36.1. The van der Waals surface area contributed by atoms with Crippen molar-refractivity contribution in [2.75, 3.05) is 13.1 Å². The fraction of sp³-hybridized carbons (Fsp3) is 0.769. The Morgan fingerprint density at radius 2 is 2.05 bits per heavy atom. The number of carboxylic acid groups (broad SMARTS) is 1. The molecule has 0 bridgehead atoms. The van der Waals surface area contributed by atoms with E-state index in [9.17, 15) is 14.4 Å². The molecule has 1 aliphatic heterocycles. The van der Waals surface area contributed by atoms with Crippen molar-refractivity contribution in [2.24, 2.45) is 11.3 Å². The van der Waals surface area contributed by atoms with Crippen LogP contribution in [0.25, 0.3) is 0 Å². The Labute approximate surface area is 111 Å². The number of amides is 1. The van der Waals surface area contributed by atoms with Crippen LogP contribution in [0, 0.1) is 11.3 Å². The van der Waals surface area contributed by atoms with Crippen molar-refractivity contribution in [3.63, 3.8) is 0 Å². The molecule has 2 atom stereocenters. The van der Waals surface area contributed by atoms with E-state index in [1.54, 1.807) is 20.8 Å². The first kappa shape index (κ1) is 13.8. The van der Waals surface area contributed by atoms with Crippen LogP contribution in [0.15, 0.2) is 0 Å². The molecule has 1 aliphatic carbocycles. The van der Waals surface area contributed by atoms with E-state index in [4.69, 9.17) is 9.84 Å². The van der Waals surface area contributed by atoms with Gasteiger partial charge in [0.05, 0.1) is 11.3 Å². The van der Waals surface area contributed by atoms with Crippen LogP contribution < -0.4 is 0 Å². The maximum Gasteiger partial charge on any atom is 0.407 e. The molecule has 1 amide bonds. The number of Topliss-reactive ketones (excluding diaryl/α,β-unsaturated/α-hetero) is 1. The zero-order valence-electron chi connectivity index (χ0n) is 11.4. The zero-order chi connectivity index (χ0) is 14.4. The maximum absolute atomic E-state index is 12.1. The molecule has 6 nitrogen and oxygen atoms in total. The number of ether oxygens (including phenoxy) is 1. The van der Waals surface area contributed by atoms with Crippen LogP contribution in [0.4, 0.5) is 4.79 Å². The molecule has 0 aromatic carbocycles. The van der Waals surface area contributed by atoms with Gasteiger partial charge in [-0.15, -0.1) is 0 Å². The molecule has 1 saturated heterocycles. The number of hydrogen-bond donors (Lipinski definition) is 1. The molecule has 19 heavy (non-hydrogen) atoms. The normalized spacial score (nSPS) is 30.4. The summed E-state index contributed by atoms with van der Waals surface area (Å²) in [6.07, 6.45) is -0.454. The fourth-order valence-electron chi connectivity index (χ4n) is 2.84. The molecule has 1 heterocycles. The van der Waals surface area contributed by atoms with Crippen molar-refractivity contribution in [1.29, 1.82) is 0 Å². The summed E-state index contributed by atoms with van der Waals surface area (Å²) in [7, 11) is 0. The fourth-order valence-corrected chi connectivity index (χ4v) is 2.84. The van der Waals surface area contributed by atoms with Gasteiger partial charge in [0.2, 0.25) is 0 Å². The highest BCUT2D eigenvalue weighted by molar-refractivity contribution is 6.00. The Morgan fingerprint density at radius 1 is 1.42 bits per heavy atom. The highest BCUT2D eigenvalue weighted by Crippen LogP contribution is 2.50. The van der Waals surface area contributed by atoms with Gasteiger partial charge in [-0.25, -0.2) is 4.79 Å². The molecule has 2 aliphatic rings. The van der Waals surface area contributed by atoms with Crippen molar-refractivity contribution < 1.29 is 24.2 Å². The van der Waals surface area contributed by atoms with Crippen molar-refractivity contribution in [1.82, 2.24) is 4.90 Å². The lowest BCUT2D eigenvalue weighted by atomic mass is 9.58. The van der Waals surface area contributed by atoms with Gasteiger partial charge >= 0.3 is 12.1 Å². The number of likely N-dealkylation sites (tertiary alicyclic amines) is 1. The molecule has 1 saturated carbocycles. The van der Waals surface area contributed by atoms with E-state index in [0.29, 0.717) is 13.0 Å². The van der Waals surface area contributed by atoms with E-state index < -0.39 is 23.0 Å². The number of nitrogens with zero attached hydrogens (tertiary/aromatic N) is 1. The second-order valence-electron chi connectivity index (χ2n) is 6.32. The molecule has 0 unspecified atom stereocenters. The number of hydrogen-bond acceptors (Lipinski definition) is 4. The molecular formula is C13H19NO5. The minimum Gasteiger partial charge on any atom is -0.465 e. The second kappa shape index (κ2) is 4.21. The molecular weight excluding hydrogens is 250 g/mol. The quantitative estimate of drug-likeness (QED) is 0.725. The molecule has 106 valence electrons. The van der Waals surface area contributed by atoms with E-state index in [0.717, 1.165) is 0 Å². The topological polar surface area (TPSA) is 83.9 Å². The lowest BCUT2D eigenvalue weighted by molar-refractivity contribution is -0.177. The molecule has 2 fully saturated rings. The average Bonchev–Trinajstić information content (AvgIpc) is 2.70. The summed E-state index contributed by atoms with van der Waals surface area (Å²) in [6.45, 7) is 5.74. The van der Waals surface area contributed by atoms with Crippen LogP contribution in [-0.4, -0.2) is 46.5 Å². The molecule has 6 heteroatoms. The molecule has 0 aromatic heterocycles. The summed E-state index contributed by atoms with van der Waals surface area (Å²) < 4.78 is 5.32. The molecule has 0 radical (unpaired) electrons. The second-order valence-corrected chi connectivity index (χ2v) is 6.32. The first-order chi connectivity index (χ1) is 8.66. The number of carbonyl (C=O) groups excluding carboxylic acids is 2. The van der Waals surface area contributed by atoms with Gasteiger partial charge < -0.3 is 14.7 Å². The lowest BCUT2D eigenvalue weighted by Gasteiger charge is -2.43. The highest BCUT2D eigenvalue weighted by atomic mass is 16.6. The SMILES string of the molecule is CC(C)(C)OC(=O)[C@H]1CC(=O)[C@@]12CCN(C(=O)O)C2. The van der Waals surface area contributed by atoms with Gasteiger partial charge in [-0.05, 0) is 27.2 Å². The molecule has 2 rings (SSSR count). The van der Waals surface area contributed by atoms with E-state index in [2.05, 4.69) is 0 Å². The van der Waals surface area contributed by atoms with Gasteiger partial charge in [0, 0.05) is 19.5 Å². The first-order valence-corrected chi connectivity index (χ1v) is 6.40. The minimum absolute atomic E-state index is 0.0212. The third kappa shape index (κ3) is 2.31. The minimum atomic E-state index is -1.04. The van der Waals surface area contributed by atoms with Crippen LogP contribution >= 0.6 is 0 Å². The molecule has 1 N–H and O–H groups in total. The van der Waals surface area contributed by atoms with Crippen LogP contribution in [0.3, 0.4) is 0 Å². The van der Waals surface area contributed by atoms with Crippen LogP contribution in [0.5, 0.6) is 0 Å². The highest BCUT2D eigenvalue weighted by Gasteiger charge is 2.62. The number of esters is 1. The summed E-state index contributed by atoms with van der Waals surface area (Å²) in [6, 6.07) is 0. The predicted molar refractivity (Wildman–Crippen MR) is 65.6 cm³/mol. The van der Waals surface area contributed by atoms with Crippen LogP contribution in [0.1, 0.15) is 33.6 Å². The lowest BCUT2D eigenvalue weighted by Crippen LogP contribution is -2.56. The van der Waals surface area contributed by atoms with Crippen LogP contribution in [-0.2, 0) is 14.3 Å². The largest absolute Gasteiger partial charge is 0.465 e. The van der Waals surface area contributed by atoms with Gasteiger partial charge in [-0.3, -0.25) is 9.59 Å². The zero-order valence-corrected chi connectivity index (χ0v) is 11.4. The van der Waals surface area contributed by atoms with E-state index >= 15 is 0 Å². The smallest absolute Gasteiger partial charge is 0.407 e. The van der Waals surface area contributed by atoms with Gasteiger partial charge in [0.15, 0.2) is 0 Å². The van der Waals surface area contributed by atoms with Gasteiger partial charge in [0.25, 0.3) is 0 Å². The monoisotopic (exact) mass is 269 g/mol. The van der Waals surface area contributed by atoms with Crippen LogP contribution in [0.2, 0.25) is 0 Å². The summed E-state index contributed by atoms with van der Waals surface area (Å²) >= 11 is 0. The molecule has 1 spiro atoms. The number of carbonyl (C=O) groups is 3. The Morgan fingerprint density at radius 3 is 2.47 bits per heavy atom. The summed E-state index contributed by atoms with van der Waals surface area (Å²) in [5, 5.41) is 8.96. The first-order valence-electron chi connectivity index (χ1n) is 6.40. The Kier molecular flexibility index (Phi) is 3.07. The van der Waals surface area contributed by atoms with E-state index in [-0.39, 0.29) is 24.7 Å². The third-order valence-electron chi connectivity index (χ3n) is 3.87. The number of ketones is 1. The van der Waals surface area contributed by atoms with Gasteiger partial charge in [-0.1, -0.05) is 0 Å². The third-order valence-corrected chi connectivity index (χ3v) is 3.87. The van der Waals surface area contributed by atoms with Gasteiger partial charge in [-0.2, -0.15) is 0 Å². The number of rotatable bonds is 1.